The number of nitrogens with one attached hydrogen (secondary N) is 2. The Bertz CT molecular complexity index is 441. The van der Waals surface area contributed by atoms with Crippen molar-refractivity contribution in [1.82, 2.24) is 10.6 Å². The SMILES string of the molecule is O=C(CCNC(=O)c1ccc(F)cc1)NC1CC1. The van der Waals surface area contributed by atoms with Crippen molar-refractivity contribution in [2.45, 2.75) is 25.3 Å². The summed E-state index contributed by atoms with van der Waals surface area (Å²) in [6.07, 6.45) is 2.37. The molecule has 0 aromatic heterocycles. The molecule has 1 fully saturated rings. The quantitative estimate of drug-likeness (QED) is 0.825. The van der Waals surface area contributed by atoms with E-state index in [1.165, 1.54) is 24.3 Å². The summed E-state index contributed by atoms with van der Waals surface area (Å²) in [6, 6.07) is 5.62. The maximum atomic E-state index is 12.7. The van der Waals surface area contributed by atoms with Gasteiger partial charge in [0.2, 0.25) is 5.91 Å². The number of rotatable bonds is 5. The van der Waals surface area contributed by atoms with Crippen molar-refractivity contribution in [2.24, 2.45) is 0 Å². The van der Waals surface area contributed by atoms with E-state index in [0.717, 1.165) is 12.8 Å². The summed E-state index contributed by atoms with van der Waals surface area (Å²) in [5, 5.41) is 5.46. The van der Waals surface area contributed by atoms with Gasteiger partial charge in [0.15, 0.2) is 0 Å². The minimum atomic E-state index is -0.379. The Kier molecular flexibility index (Phi) is 3.92. The first-order chi connectivity index (χ1) is 8.65. The fourth-order valence-electron chi connectivity index (χ4n) is 1.52. The Morgan fingerprint density at radius 1 is 1.22 bits per heavy atom. The molecule has 0 atom stereocenters. The highest BCUT2D eigenvalue weighted by Gasteiger charge is 2.22. The third-order valence-electron chi connectivity index (χ3n) is 2.69. The molecule has 0 radical (unpaired) electrons. The number of carbonyl (C=O) groups excluding carboxylic acids is 2. The molecule has 2 N–H and O–H groups in total. The Hall–Kier alpha value is -1.91. The average Bonchev–Trinajstić information content (AvgIpc) is 3.13. The molecule has 0 unspecified atom stereocenters. The van der Waals surface area contributed by atoms with Crippen molar-refractivity contribution in [3.05, 3.63) is 35.6 Å². The van der Waals surface area contributed by atoms with E-state index in [-0.39, 0.29) is 30.6 Å². The molecular weight excluding hydrogens is 235 g/mol. The van der Waals surface area contributed by atoms with Gasteiger partial charge < -0.3 is 10.6 Å². The molecule has 0 saturated heterocycles. The van der Waals surface area contributed by atoms with Gasteiger partial charge >= 0.3 is 0 Å². The zero-order chi connectivity index (χ0) is 13.0. The molecule has 0 heterocycles. The van der Waals surface area contributed by atoms with E-state index in [1.807, 2.05) is 0 Å². The molecule has 1 aliphatic carbocycles. The van der Waals surface area contributed by atoms with Crippen LogP contribution in [0.3, 0.4) is 0 Å². The van der Waals surface area contributed by atoms with Crippen molar-refractivity contribution < 1.29 is 14.0 Å². The Morgan fingerprint density at radius 3 is 2.50 bits per heavy atom. The number of carbonyl (C=O) groups is 2. The molecule has 1 aromatic carbocycles. The van der Waals surface area contributed by atoms with Gasteiger partial charge in [-0.25, -0.2) is 4.39 Å². The minimum Gasteiger partial charge on any atom is -0.353 e. The first-order valence-electron chi connectivity index (χ1n) is 5.98. The third-order valence-corrected chi connectivity index (χ3v) is 2.69. The van der Waals surface area contributed by atoms with Crippen LogP contribution in [-0.4, -0.2) is 24.4 Å². The monoisotopic (exact) mass is 250 g/mol. The highest BCUT2D eigenvalue weighted by molar-refractivity contribution is 5.94. The summed E-state index contributed by atoms with van der Waals surface area (Å²) in [6.45, 7) is 0.286. The van der Waals surface area contributed by atoms with E-state index in [2.05, 4.69) is 10.6 Å². The fraction of sp³-hybridized carbons (Fsp3) is 0.385. The van der Waals surface area contributed by atoms with Crippen molar-refractivity contribution in [3.63, 3.8) is 0 Å². The Labute approximate surface area is 105 Å². The van der Waals surface area contributed by atoms with Crippen LogP contribution in [0.25, 0.3) is 0 Å². The highest BCUT2D eigenvalue weighted by Crippen LogP contribution is 2.18. The number of hydrogen-bond acceptors (Lipinski definition) is 2. The van der Waals surface area contributed by atoms with Gasteiger partial charge in [-0.1, -0.05) is 0 Å². The van der Waals surface area contributed by atoms with Crippen molar-refractivity contribution >= 4 is 11.8 Å². The van der Waals surface area contributed by atoms with Crippen LogP contribution in [0.4, 0.5) is 4.39 Å². The zero-order valence-corrected chi connectivity index (χ0v) is 9.91. The number of amides is 2. The van der Waals surface area contributed by atoms with E-state index in [0.29, 0.717) is 11.6 Å². The lowest BCUT2D eigenvalue weighted by molar-refractivity contribution is -0.121. The molecule has 0 spiro atoms. The second-order valence-corrected chi connectivity index (χ2v) is 4.35. The van der Waals surface area contributed by atoms with Crippen LogP contribution in [0.15, 0.2) is 24.3 Å². The lowest BCUT2D eigenvalue weighted by Crippen LogP contribution is -2.31. The zero-order valence-electron chi connectivity index (χ0n) is 9.91. The largest absolute Gasteiger partial charge is 0.353 e. The van der Waals surface area contributed by atoms with Crippen LogP contribution in [-0.2, 0) is 4.79 Å². The van der Waals surface area contributed by atoms with Gasteiger partial charge in [0.05, 0.1) is 0 Å². The standard InChI is InChI=1S/C13H15FN2O2/c14-10-3-1-9(2-4-10)13(18)15-8-7-12(17)16-11-5-6-11/h1-4,11H,5-8H2,(H,15,18)(H,16,17). The molecule has 4 nitrogen and oxygen atoms in total. The van der Waals surface area contributed by atoms with E-state index in [4.69, 9.17) is 0 Å². The van der Waals surface area contributed by atoms with Crippen LogP contribution in [0, 0.1) is 5.82 Å². The van der Waals surface area contributed by atoms with Crippen LogP contribution < -0.4 is 10.6 Å². The molecule has 5 heteroatoms. The highest BCUT2D eigenvalue weighted by atomic mass is 19.1. The Balaban J connectivity index is 1.70. The van der Waals surface area contributed by atoms with E-state index < -0.39 is 0 Å². The van der Waals surface area contributed by atoms with Crippen LogP contribution in [0.2, 0.25) is 0 Å². The molecule has 96 valence electrons. The minimum absolute atomic E-state index is 0.0445. The van der Waals surface area contributed by atoms with Gasteiger partial charge in [0.1, 0.15) is 5.82 Å². The molecule has 0 aliphatic heterocycles. The van der Waals surface area contributed by atoms with E-state index >= 15 is 0 Å². The van der Waals surface area contributed by atoms with Crippen LogP contribution in [0.1, 0.15) is 29.6 Å². The van der Waals surface area contributed by atoms with Gasteiger partial charge in [-0.05, 0) is 37.1 Å². The Morgan fingerprint density at radius 2 is 1.89 bits per heavy atom. The van der Waals surface area contributed by atoms with Gasteiger partial charge in [0.25, 0.3) is 5.91 Å². The number of benzene rings is 1. The van der Waals surface area contributed by atoms with Crippen molar-refractivity contribution in [1.29, 1.82) is 0 Å². The molecule has 2 amide bonds. The maximum absolute atomic E-state index is 12.7. The lowest BCUT2D eigenvalue weighted by Gasteiger charge is -2.05. The number of hydrogen-bond donors (Lipinski definition) is 2. The lowest BCUT2D eigenvalue weighted by atomic mass is 10.2. The summed E-state index contributed by atoms with van der Waals surface area (Å²) in [4.78, 5) is 23.0. The molecule has 1 saturated carbocycles. The molecular formula is C13H15FN2O2. The average molecular weight is 250 g/mol. The van der Waals surface area contributed by atoms with Crippen molar-refractivity contribution in [3.8, 4) is 0 Å². The summed E-state index contributed by atoms with van der Waals surface area (Å²) >= 11 is 0. The van der Waals surface area contributed by atoms with Gasteiger partial charge in [-0.15, -0.1) is 0 Å². The molecule has 2 rings (SSSR count). The fourth-order valence-corrected chi connectivity index (χ4v) is 1.52. The second-order valence-electron chi connectivity index (χ2n) is 4.35. The second kappa shape index (κ2) is 5.62. The maximum Gasteiger partial charge on any atom is 0.251 e. The molecule has 18 heavy (non-hydrogen) atoms. The van der Waals surface area contributed by atoms with Gasteiger partial charge in [-0.3, -0.25) is 9.59 Å². The summed E-state index contributed by atoms with van der Waals surface area (Å²) in [5.41, 5.74) is 0.388. The van der Waals surface area contributed by atoms with Crippen LogP contribution >= 0.6 is 0 Å². The number of halogens is 1. The van der Waals surface area contributed by atoms with Gasteiger partial charge in [0, 0.05) is 24.6 Å². The summed E-state index contributed by atoms with van der Waals surface area (Å²) < 4.78 is 12.7. The smallest absolute Gasteiger partial charge is 0.251 e. The summed E-state index contributed by atoms with van der Waals surface area (Å²) in [7, 11) is 0. The molecule has 0 bridgehead atoms. The van der Waals surface area contributed by atoms with Gasteiger partial charge in [-0.2, -0.15) is 0 Å². The van der Waals surface area contributed by atoms with Crippen molar-refractivity contribution in [2.75, 3.05) is 6.54 Å². The topological polar surface area (TPSA) is 58.2 Å². The first kappa shape index (κ1) is 12.5. The predicted octanol–water partition coefficient (Wildman–Crippen LogP) is 1.22. The molecule has 1 aromatic rings. The van der Waals surface area contributed by atoms with E-state index in [9.17, 15) is 14.0 Å². The first-order valence-corrected chi connectivity index (χ1v) is 5.98. The molecule has 1 aliphatic rings. The third kappa shape index (κ3) is 3.84. The predicted molar refractivity (Wildman–Crippen MR) is 64.5 cm³/mol. The van der Waals surface area contributed by atoms with E-state index in [1.54, 1.807) is 0 Å². The van der Waals surface area contributed by atoms with Crippen LogP contribution in [0.5, 0.6) is 0 Å². The normalized spacial score (nSPS) is 14.1. The summed E-state index contributed by atoms with van der Waals surface area (Å²) in [5.74, 6) is -0.721.